The lowest BCUT2D eigenvalue weighted by Gasteiger charge is -2.03. The summed E-state index contributed by atoms with van der Waals surface area (Å²) in [5.74, 6) is 0.761. The third-order valence-corrected chi connectivity index (χ3v) is 4.31. The molecule has 1 saturated carbocycles. The van der Waals surface area contributed by atoms with Crippen LogP contribution in [0, 0.1) is 0 Å². The van der Waals surface area contributed by atoms with Crippen LogP contribution in [0.5, 0.6) is 0 Å². The SMILES string of the molecule is Clc1cccc(CNCc2csc(C3CC3)n2)c1. The number of halogens is 1. The highest BCUT2D eigenvalue weighted by atomic mass is 35.5. The zero-order valence-electron chi connectivity index (χ0n) is 10.0. The summed E-state index contributed by atoms with van der Waals surface area (Å²) in [6.45, 7) is 1.66. The van der Waals surface area contributed by atoms with Crippen LogP contribution in [-0.2, 0) is 13.1 Å². The van der Waals surface area contributed by atoms with Crippen LogP contribution >= 0.6 is 22.9 Å². The molecule has 94 valence electrons. The van der Waals surface area contributed by atoms with E-state index in [9.17, 15) is 0 Å². The third kappa shape index (κ3) is 3.10. The maximum atomic E-state index is 5.95. The molecule has 1 N–H and O–H groups in total. The van der Waals surface area contributed by atoms with Crippen LogP contribution in [0.25, 0.3) is 0 Å². The molecule has 0 spiro atoms. The normalized spacial score (nSPS) is 14.9. The quantitative estimate of drug-likeness (QED) is 0.895. The minimum Gasteiger partial charge on any atom is -0.307 e. The Hall–Kier alpha value is -0.900. The summed E-state index contributed by atoms with van der Waals surface area (Å²) in [6, 6.07) is 7.95. The van der Waals surface area contributed by atoms with Crippen LogP contribution in [0.4, 0.5) is 0 Å². The van der Waals surface area contributed by atoms with E-state index in [4.69, 9.17) is 11.6 Å². The van der Waals surface area contributed by atoms with Crippen molar-refractivity contribution in [1.29, 1.82) is 0 Å². The first kappa shape index (κ1) is 12.2. The molecule has 1 heterocycles. The predicted molar refractivity (Wildman–Crippen MR) is 76.1 cm³/mol. The van der Waals surface area contributed by atoms with Gasteiger partial charge in [-0.05, 0) is 30.5 Å². The Morgan fingerprint density at radius 2 is 2.22 bits per heavy atom. The molecule has 18 heavy (non-hydrogen) atoms. The molecule has 1 aromatic heterocycles. The van der Waals surface area contributed by atoms with Gasteiger partial charge in [-0.2, -0.15) is 0 Å². The fourth-order valence-corrected chi connectivity index (χ4v) is 3.11. The number of nitrogens with zero attached hydrogens (tertiary/aromatic N) is 1. The van der Waals surface area contributed by atoms with Gasteiger partial charge in [0.1, 0.15) is 0 Å². The molecule has 1 aromatic carbocycles. The van der Waals surface area contributed by atoms with E-state index in [1.807, 2.05) is 18.2 Å². The average Bonchev–Trinajstić information content (AvgIpc) is 3.10. The molecule has 0 amide bonds. The second-order valence-corrected chi connectivity index (χ2v) is 6.01. The summed E-state index contributed by atoms with van der Waals surface area (Å²) in [6.07, 6.45) is 2.64. The Kier molecular flexibility index (Phi) is 3.64. The van der Waals surface area contributed by atoms with Gasteiger partial charge in [0, 0.05) is 29.4 Å². The number of rotatable bonds is 5. The Balaban J connectivity index is 1.51. The maximum Gasteiger partial charge on any atom is 0.0959 e. The van der Waals surface area contributed by atoms with E-state index in [-0.39, 0.29) is 0 Å². The van der Waals surface area contributed by atoms with Crippen molar-refractivity contribution in [1.82, 2.24) is 10.3 Å². The summed E-state index contributed by atoms with van der Waals surface area (Å²) in [5.41, 5.74) is 2.36. The van der Waals surface area contributed by atoms with Gasteiger partial charge in [-0.25, -0.2) is 4.98 Å². The maximum absolute atomic E-state index is 5.95. The van der Waals surface area contributed by atoms with Gasteiger partial charge in [-0.3, -0.25) is 0 Å². The van der Waals surface area contributed by atoms with Gasteiger partial charge >= 0.3 is 0 Å². The molecule has 1 fully saturated rings. The van der Waals surface area contributed by atoms with E-state index in [0.717, 1.165) is 29.7 Å². The average molecular weight is 279 g/mol. The topological polar surface area (TPSA) is 24.9 Å². The van der Waals surface area contributed by atoms with E-state index < -0.39 is 0 Å². The van der Waals surface area contributed by atoms with Crippen LogP contribution in [0.1, 0.15) is 35.0 Å². The van der Waals surface area contributed by atoms with Crippen LogP contribution in [0.2, 0.25) is 5.02 Å². The van der Waals surface area contributed by atoms with Gasteiger partial charge in [0.15, 0.2) is 0 Å². The van der Waals surface area contributed by atoms with E-state index in [1.54, 1.807) is 11.3 Å². The highest BCUT2D eigenvalue weighted by Gasteiger charge is 2.26. The van der Waals surface area contributed by atoms with Gasteiger partial charge in [0.05, 0.1) is 10.7 Å². The van der Waals surface area contributed by atoms with E-state index >= 15 is 0 Å². The molecule has 3 rings (SSSR count). The van der Waals surface area contributed by atoms with Crippen LogP contribution < -0.4 is 5.32 Å². The Morgan fingerprint density at radius 1 is 1.33 bits per heavy atom. The van der Waals surface area contributed by atoms with Crippen molar-refractivity contribution < 1.29 is 0 Å². The molecule has 2 aromatic rings. The molecule has 0 atom stereocenters. The fourth-order valence-electron chi connectivity index (χ4n) is 1.90. The van der Waals surface area contributed by atoms with Gasteiger partial charge in [-0.1, -0.05) is 23.7 Å². The number of hydrogen-bond donors (Lipinski definition) is 1. The van der Waals surface area contributed by atoms with Crippen molar-refractivity contribution in [3.05, 3.63) is 50.9 Å². The lowest BCUT2D eigenvalue weighted by atomic mass is 10.2. The summed E-state index contributed by atoms with van der Waals surface area (Å²) < 4.78 is 0. The first-order chi connectivity index (χ1) is 8.81. The number of hydrogen-bond acceptors (Lipinski definition) is 3. The molecular weight excluding hydrogens is 264 g/mol. The number of aromatic nitrogens is 1. The van der Waals surface area contributed by atoms with E-state index in [1.165, 1.54) is 23.4 Å². The highest BCUT2D eigenvalue weighted by molar-refractivity contribution is 7.09. The molecule has 0 bridgehead atoms. The highest BCUT2D eigenvalue weighted by Crippen LogP contribution is 2.41. The van der Waals surface area contributed by atoms with Crippen LogP contribution in [0.15, 0.2) is 29.6 Å². The third-order valence-electron chi connectivity index (χ3n) is 3.02. The Labute approximate surface area is 116 Å². The molecule has 4 heteroatoms. The molecule has 1 aliphatic carbocycles. The summed E-state index contributed by atoms with van der Waals surface area (Å²) in [5, 5.41) is 7.67. The molecule has 1 aliphatic rings. The smallest absolute Gasteiger partial charge is 0.0959 e. The summed E-state index contributed by atoms with van der Waals surface area (Å²) in [7, 11) is 0. The molecule has 2 nitrogen and oxygen atoms in total. The minimum atomic E-state index is 0.761. The van der Waals surface area contributed by atoms with Crippen molar-refractivity contribution in [2.45, 2.75) is 31.8 Å². The van der Waals surface area contributed by atoms with Crippen molar-refractivity contribution in [2.75, 3.05) is 0 Å². The van der Waals surface area contributed by atoms with Gasteiger partial charge in [0.2, 0.25) is 0 Å². The van der Waals surface area contributed by atoms with Crippen LogP contribution in [0.3, 0.4) is 0 Å². The van der Waals surface area contributed by atoms with Crippen molar-refractivity contribution >= 4 is 22.9 Å². The number of benzene rings is 1. The standard InChI is InChI=1S/C14H15ClN2S/c15-12-3-1-2-10(6-12)7-16-8-13-9-18-14(17-13)11-4-5-11/h1-3,6,9,11,16H,4-5,7-8H2. The molecule has 0 unspecified atom stereocenters. The first-order valence-corrected chi connectivity index (χ1v) is 7.46. The molecule has 0 saturated heterocycles. The molecule has 0 aliphatic heterocycles. The summed E-state index contributed by atoms with van der Waals surface area (Å²) >= 11 is 7.74. The second kappa shape index (κ2) is 5.39. The van der Waals surface area contributed by atoms with Gasteiger partial charge in [-0.15, -0.1) is 11.3 Å². The monoisotopic (exact) mass is 278 g/mol. The predicted octanol–water partition coefficient (Wildman–Crippen LogP) is 3.96. The lowest BCUT2D eigenvalue weighted by molar-refractivity contribution is 0.681. The van der Waals surface area contributed by atoms with Crippen molar-refractivity contribution in [2.24, 2.45) is 0 Å². The second-order valence-electron chi connectivity index (χ2n) is 4.68. The summed E-state index contributed by atoms with van der Waals surface area (Å²) in [4.78, 5) is 4.65. The number of nitrogens with one attached hydrogen (secondary N) is 1. The first-order valence-electron chi connectivity index (χ1n) is 6.21. The van der Waals surface area contributed by atoms with Crippen LogP contribution in [-0.4, -0.2) is 4.98 Å². The van der Waals surface area contributed by atoms with Crippen molar-refractivity contribution in [3.8, 4) is 0 Å². The van der Waals surface area contributed by atoms with Crippen molar-refractivity contribution in [3.63, 3.8) is 0 Å². The van der Waals surface area contributed by atoms with Gasteiger partial charge in [0.25, 0.3) is 0 Å². The zero-order valence-corrected chi connectivity index (χ0v) is 11.6. The van der Waals surface area contributed by atoms with E-state index in [0.29, 0.717) is 0 Å². The van der Waals surface area contributed by atoms with E-state index in [2.05, 4.69) is 21.7 Å². The minimum absolute atomic E-state index is 0.761. The largest absolute Gasteiger partial charge is 0.307 e. The fraction of sp³-hybridized carbons (Fsp3) is 0.357. The zero-order chi connectivity index (χ0) is 12.4. The Morgan fingerprint density at radius 3 is 3.00 bits per heavy atom. The molecular formula is C14H15ClN2S. The molecule has 0 radical (unpaired) electrons. The number of thiazole rings is 1. The Bertz CT molecular complexity index is 534. The van der Waals surface area contributed by atoms with Gasteiger partial charge < -0.3 is 5.32 Å². The lowest BCUT2D eigenvalue weighted by Crippen LogP contribution is -2.12.